The van der Waals surface area contributed by atoms with Crippen LogP contribution in [0.3, 0.4) is 0 Å². The van der Waals surface area contributed by atoms with Gasteiger partial charge >= 0.3 is 0 Å². The smallest absolute Gasteiger partial charge is 0.254 e. The van der Waals surface area contributed by atoms with Crippen LogP contribution in [0.1, 0.15) is 47.8 Å². The molecule has 0 N–H and O–H groups in total. The van der Waals surface area contributed by atoms with Crippen molar-refractivity contribution in [2.24, 2.45) is 0 Å². The fourth-order valence-corrected chi connectivity index (χ4v) is 3.44. The largest absolute Gasteiger partial charge is 0.497 e. The maximum atomic E-state index is 13.2. The third kappa shape index (κ3) is 5.74. The number of aromatic nitrogens is 1. The zero-order chi connectivity index (χ0) is 20.5. The topological polar surface area (TPSA) is 34.5 Å². The molecule has 3 aromatic rings. The minimum Gasteiger partial charge on any atom is -0.497 e. The molecule has 4 nitrogen and oxygen atoms in total. The second-order valence-corrected chi connectivity index (χ2v) is 7.28. The number of hydrogen-bond acceptors (Lipinski definition) is 2. The molecular formula is C25H30N2O2. The van der Waals surface area contributed by atoms with Gasteiger partial charge in [-0.25, -0.2) is 0 Å². The van der Waals surface area contributed by atoms with Gasteiger partial charge in [0.1, 0.15) is 5.75 Å². The average Bonchev–Trinajstić information content (AvgIpc) is 3.20. The molecule has 0 fully saturated rings. The molecule has 0 saturated carbocycles. The zero-order valence-corrected chi connectivity index (χ0v) is 17.4. The summed E-state index contributed by atoms with van der Waals surface area (Å²) in [6, 6.07) is 21.9. The molecule has 3 rings (SSSR count). The molecule has 0 radical (unpaired) electrons. The summed E-state index contributed by atoms with van der Waals surface area (Å²) in [7, 11) is 1.63. The first-order chi connectivity index (χ1) is 14.2. The Bertz CT molecular complexity index is 885. The van der Waals surface area contributed by atoms with Gasteiger partial charge in [0, 0.05) is 30.5 Å². The highest BCUT2D eigenvalue weighted by atomic mass is 16.5. The van der Waals surface area contributed by atoms with Gasteiger partial charge in [-0.05, 0) is 48.4 Å². The van der Waals surface area contributed by atoms with Crippen molar-refractivity contribution in [3.05, 3.63) is 89.7 Å². The molecule has 2 aromatic carbocycles. The van der Waals surface area contributed by atoms with Gasteiger partial charge in [0.15, 0.2) is 0 Å². The number of carbonyl (C=O) groups excluding carboxylic acids is 1. The fraction of sp³-hybridized carbons (Fsp3) is 0.320. The highest BCUT2D eigenvalue weighted by molar-refractivity contribution is 5.94. The number of ether oxygens (including phenoxy) is 1. The van der Waals surface area contributed by atoms with E-state index in [1.165, 1.54) is 5.56 Å². The van der Waals surface area contributed by atoms with Crippen LogP contribution in [0, 0.1) is 0 Å². The van der Waals surface area contributed by atoms with E-state index in [9.17, 15) is 4.79 Å². The van der Waals surface area contributed by atoms with Gasteiger partial charge in [-0.15, -0.1) is 0 Å². The molecule has 0 aliphatic rings. The summed E-state index contributed by atoms with van der Waals surface area (Å²) in [5, 5.41) is 0. The number of unbranched alkanes of at least 4 members (excludes halogenated alkanes) is 2. The lowest BCUT2D eigenvalue weighted by Gasteiger charge is -2.24. The molecule has 1 aromatic heterocycles. The van der Waals surface area contributed by atoms with E-state index < -0.39 is 0 Å². The summed E-state index contributed by atoms with van der Waals surface area (Å²) >= 11 is 0. The normalized spacial score (nSPS) is 10.7. The van der Waals surface area contributed by atoms with Gasteiger partial charge in [-0.3, -0.25) is 4.79 Å². The minimum absolute atomic E-state index is 0.0659. The Morgan fingerprint density at radius 2 is 1.72 bits per heavy atom. The summed E-state index contributed by atoms with van der Waals surface area (Å²) < 4.78 is 7.44. The molecular weight excluding hydrogens is 360 g/mol. The van der Waals surface area contributed by atoms with Crippen molar-refractivity contribution in [1.82, 2.24) is 9.47 Å². The molecule has 29 heavy (non-hydrogen) atoms. The summed E-state index contributed by atoms with van der Waals surface area (Å²) in [5.41, 5.74) is 3.10. The minimum atomic E-state index is 0.0659. The van der Waals surface area contributed by atoms with Crippen LogP contribution < -0.4 is 4.74 Å². The Morgan fingerprint density at radius 1 is 0.966 bits per heavy atom. The number of carbonyl (C=O) groups is 1. The fourth-order valence-electron chi connectivity index (χ4n) is 3.44. The second kappa shape index (κ2) is 10.5. The highest BCUT2D eigenvalue weighted by Crippen LogP contribution is 2.17. The molecule has 1 heterocycles. The Hall–Kier alpha value is -3.01. The quantitative estimate of drug-likeness (QED) is 0.436. The van der Waals surface area contributed by atoms with Crippen molar-refractivity contribution in [2.75, 3.05) is 13.7 Å². The number of methoxy groups -OCH3 is 1. The molecule has 0 spiro atoms. The first-order valence-corrected chi connectivity index (χ1v) is 10.3. The van der Waals surface area contributed by atoms with Crippen molar-refractivity contribution in [1.29, 1.82) is 0 Å². The van der Waals surface area contributed by atoms with E-state index >= 15 is 0 Å². The van der Waals surface area contributed by atoms with E-state index in [1.54, 1.807) is 7.11 Å². The number of nitrogens with zero attached hydrogens (tertiary/aromatic N) is 2. The maximum absolute atomic E-state index is 13.2. The highest BCUT2D eigenvalue weighted by Gasteiger charge is 2.17. The van der Waals surface area contributed by atoms with Crippen LogP contribution in [0.5, 0.6) is 5.75 Å². The predicted molar refractivity (Wildman–Crippen MR) is 117 cm³/mol. The van der Waals surface area contributed by atoms with E-state index in [0.717, 1.165) is 43.8 Å². The molecule has 0 bridgehead atoms. The van der Waals surface area contributed by atoms with Gasteiger partial charge in [-0.2, -0.15) is 0 Å². The van der Waals surface area contributed by atoms with Crippen molar-refractivity contribution < 1.29 is 9.53 Å². The van der Waals surface area contributed by atoms with Crippen LogP contribution in [0.4, 0.5) is 0 Å². The summed E-state index contributed by atoms with van der Waals surface area (Å²) in [5.74, 6) is 0.826. The molecule has 0 saturated heterocycles. The van der Waals surface area contributed by atoms with Crippen LogP contribution in [-0.4, -0.2) is 29.0 Å². The van der Waals surface area contributed by atoms with Gasteiger partial charge < -0.3 is 14.2 Å². The number of rotatable bonds is 10. The van der Waals surface area contributed by atoms with E-state index in [4.69, 9.17) is 4.74 Å². The van der Waals surface area contributed by atoms with Crippen LogP contribution >= 0.6 is 0 Å². The molecule has 152 valence electrons. The lowest BCUT2D eigenvalue weighted by molar-refractivity contribution is 0.0736. The van der Waals surface area contributed by atoms with Gasteiger partial charge in [0.2, 0.25) is 0 Å². The lowest BCUT2D eigenvalue weighted by atomic mass is 10.1. The van der Waals surface area contributed by atoms with Crippen LogP contribution in [0.2, 0.25) is 0 Å². The Kier molecular flexibility index (Phi) is 7.51. The van der Waals surface area contributed by atoms with Crippen LogP contribution in [-0.2, 0) is 13.1 Å². The van der Waals surface area contributed by atoms with Crippen molar-refractivity contribution in [3.8, 4) is 5.75 Å². The zero-order valence-electron chi connectivity index (χ0n) is 17.4. The SMILES string of the molecule is CCCCCN(Cc1cccn1Cc1ccccc1)C(=O)c1ccc(OC)cc1. The van der Waals surface area contributed by atoms with Crippen molar-refractivity contribution in [3.63, 3.8) is 0 Å². The second-order valence-electron chi connectivity index (χ2n) is 7.28. The number of amides is 1. The Balaban J connectivity index is 1.76. The molecule has 0 aliphatic carbocycles. The summed E-state index contributed by atoms with van der Waals surface area (Å²) in [6.45, 7) is 4.35. The van der Waals surface area contributed by atoms with Gasteiger partial charge in [-0.1, -0.05) is 50.1 Å². The molecule has 1 amide bonds. The Labute approximate surface area is 173 Å². The summed E-state index contributed by atoms with van der Waals surface area (Å²) in [4.78, 5) is 15.2. The standard InChI is InChI=1S/C25H30N2O2/c1-3-4-8-17-27(25(28)22-13-15-24(29-2)16-14-22)20-23-12-9-18-26(23)19-21-10-6-5-7-11-21/h5-7,9-16,18H,3-4,8,17,19-20H2,1-2H3. The molecule has 0 aliphatic heterocycles. The Morgan fingerprint density at radius 3 is 2.41 bits per heavy atom. The van der Waals surface area contributed by atoms with E-state index in [1.807, 2.05) is 35.2 Å². The molecule has 4 heteroatoms. The first kappa shape index (κ1) is 20.7. The molecule has 0 unspecified atom stereocenters. The number of benzene rings is 2. The molecule has 0 atom stereocenters. The summed E-state index contributed by atoms with van der Waals surface area (Å²) in [6.07, 6.45) is 5.36. The first-order valence-electron chi connectivity index (χ1n) is 10.3. The average molecular weight is 391 g/mol. The van der Waals surface area contributed by atoms with Crippen LogP contribution in [0.25, 0.3) is 0 Å². The number of hydrogen-bond donors (Lipinski definition) is 0. The third-order valence-electron chi connectivity index (χ3n) is 5.13. The van der Waals surface area contributed by atoms with Crippen LogP contribution in [0.15, 0.2) is 72.9 Å². The third-order valence-corrected chi connectivity index (χ3v) is 5.13. The maximum Gasteiger partial charge on any atom is 0.254 e. The van der Waals surface area contributed by atoms with Gasteiger partial charge in [0.25, 0.3) is 5.91 Å². The monoisotopic (exact) mass is 390 g/mol. The van der Waals surface area contributed by atoms with E-state index in [2.05, 4.69) is 54.1 Å². The predicted octanol–water partition coefficient (Wildman–Crippen LogP) is 5.38. The van der Waals surface area contributed by atoms with Gasteiger partial charge in [0.05, 0.1) is 13.7 Å². The van der Waals surface area contributed by atoms with Crippen molar-refractivity contribution >= 4 is 5.91 Å². The van der Waals surface area contributed by atoms with Crippen molar-refractivity contribution in [2.45, 2.75) is 39.3 Å². The van der Waals surface area contributed by atoms with E-state index in [-0.39, 0.29) is 5.91 Å². The lowest BCUT2D eigenvalue weighted by Crippen LogP contribution is -2.32. The van der Waals surface area contributed by atoms with E-state index in [0.29, 0.717) is 12.1 Å².